The van der Waals surface area contributed by atoms with Crippen LogP contribution in [-0.2, 0) is 4.74 Å². The van der Waals surface area contributed by atoms with E-state index in [9.17, 15) is 0 Å². The lowest BCUT2D eigenvalue weighted by Gasteiger charge is -2.11. The Bertz CT molecular complexity index is 1050. The third kappa shape index (κ3) is 3.65. The van der Waals surface area contributed by atoms with Gasteiger partial charge in [0.2, 0.25) is 0 Å². The molecule has 0 aliphatic rings. The molecule has 0 spiro atoms. The SMILES string of the molecule is COCCNc1cc(-c2ccccc2)nc2c(-c3ccc(Cl)cc3)cnn12. The Hall–Kier alpha value is -2.89. The van der Waals surface area contributed by atoms with Crippen LogP contribution in [0.1, 0.15) is 0 Å². The summed E-state index contributed by atoms with van der Waals surface area (Å²) < 4.78 is 6.98. The number of nitrogens with zero attached hydrogens (tertiary/aromatic N) is 3. The van der Waals surface area contributed by atoms with Gasteiger partial charge in [0.15, 0.2) is 5.65 Å². The largest absolute Gasteiger partial charge is 0.383 e. The predicted molar refractivity (Wildman–Crippen MR) is 109 cm³/mol. The average Bonchev–Trinajstić information content (AvgIpc) is 3.13. The minimum absolute atomic E-state index is 0.607. The Balaban J connectivity index is 1.86. The van der Waals surface area contributed by atoms with E-state index in [2.05, 4.69) is 22.5 Å². The number of rotatable bonds is 6. The predicted octanol–water partition coefficient (Wildman–Crippen LogP) is 4.78. The summed E-state index contributed by atoms with van der Waals surface area (Å²) in [4.78, 5) is 4.89. The van der Waals surface area contributed by atoms with Crippen molar-refractivity contribution in [3.8, 4) is 22.4 Å². The van der Waals surface area contributed by atoms with Gasteiger partial charge in [0.1, 0.15) is 5.82 Å². The number of aromatic nitrogens is 3. The fourth-order valence-electron chi connectivity index (χ4n) is 2.96. The van der Waals surface area contributed by atoms with Gasteiger partial charge in [0, 0.05) is 35.9 Å². The lowest BCUT2D eigenvalue weighted by molar-refractivity contribution is 0.210. The monoisotopic (exact) mass is 378 g/mol. The second-order valence-corrected chi connectivity index (χ2v) is 6.55. The Morgan fingerprint density at radius 3 is 2.56 bits per heavy atom. The molecule has 0 saturated heterocycles. The molecule has 27 heavy (non-hydrogen) atoms. The van der Waals surface area contributed by atoms with Crippen molar-refractivity contribution in [2.24, 2.45) is 0 Å². The summed E-state index contributed by atoms with van der Waals surface area (Å²) in [6, 6.07) is 19.8. The van der Waals surface area contributed by atoms with Gasteiger partial charge in [-0.2, -0.15) is 9.61 Å². The van der Waals surface area contributed by atoms with Crippen molar-refractivity contribution in [1.82, 2.24) is 14.6 Å². The lowest BCUT2D eigenvalue weighted by atomic mass is 10.1. The summed E-state index contributed by atoms with van der Waals surface area (Å²) in [6.07, 6.45) is 1.84. The molecule has 1 N–H and O–H groups in total. The minimum Gasteiger partial charge on any atom is -0.383 e. The van der Waals surface area contributed by atoms with Crippen LogP contribution in [0.5, 0.6) is 0 Å². The number of hydrogen-bond donors (Lipinski definition) is 1. The van der Waals surface area contributed by atoms with Gasteiger partial charge in [-0.25, -0.2) is 4.98 Å². The van der Waals surface area contributed by atoms with E-state index in [-0.39, 0.29) is 0 Å². The van der Waals surface area contributed by atoms with Crippen molar-refractivity contribution in [3.05, 3.63) is 71.9 Å². The van der Waals surface area contributed by atoms with E-state index in [0.29, 0.717) is 18.2 Å². The molecule has 0 aliphatic heterocycles. The van der Waals surface area contributed by atoms with Crippen LogP contribution < -0.4 is 5.32 Å². The van der Waals surface area contributed by atoms with Crippen LogP contribution in [0.4, 0.5) is 5.82 Å². The Kier molecular flexibility index (Phi) is 5.05. The van der Waals surface area contributed by atoms with Crippen LogP contribution in [-0.4, -0.2) is 34.9 Å². The number of ether oxygens (including phenoxy) is 1. The van der Waals surface area contributed by atoms with E-state index in [1.165, 1.54) is 0 Å². The summed E-state index contributed by atoms with van der Waals surface area (Å²) in [5.41, 5.74) is 4.71. The van der Waals surface area contributed by atoms with Gasteiger partial charge in [-0.3, -0.25) is 0 Å². The molecular weight excluding hydrogens is 360 g/mol. The number of fused-ring (bicyclic) bond motifs is 1. The van der Waals surface area contributed by atoms with E-state index in [4.69, 9.17) is 21.3 Å². The van der Waals surface area contributed by atoms with Crippen LogP contribution in [0.15, 0.2) is 66.9 Å². The quantitative estimate of drug-likeness (QED) is 0.491. The maximum Gasteiger partial charge on any atom is 0.165 e. The standard InChI is InChI=1S/C21H19ClN4O/c1-27-12-11-23-20-13-19(16-5-3-2-4-6-16)25-21-18(14-24-26(20)21)15-7-9-17(22)10-8-15/h2-10,13-14,23H,11-12H2,1H3. The molecule has 136 valence electrons. The molecule has 0 atom stereocenters. The lowest BCUT2D eigenvalue weighted by Crippen LogP contribution is -2.11. The molecule has 6 heteroatoms. The van der Waals surface area contributed by atoms with Crippen LogP contribution >= 0.6 is 11.6 Å². The van der Waals surface area contributed by atoms with Crippen molar-refractivity contribution in [2.45, 2.75) is 0 Å². The van der Waals surface area contributed by atoms with Gasteiger partial charge in [0.05, 0.1) is 18.5 Å². The molecule has 2 aromatic heterocycles. The third-order valence-corrected chi connectivity index (χ3v) is 4.56. The van der Waals surface area contributed by atoms with E-state index >= 15 is 0 Å². The van der Waals surface area contributed by atoms with Crippen LogP contribution in [0.25, 0.3) is 28.0 Å². The molecule has 0 fully saturated rings. The zero-order chi connectivity index (χ0) is 18.6. The van der Waals surface area contributed by atoms with Gasteiger partial charge in [-0.1, -0.05) is 54.1 Å². The third-order valence-electron chi connectivity index (χ3n) is 4.31. The van der Waals surface area contributed by atoms with Crippen molar-refractivity contribution in [1.29, 1.82) is 0 Å². The number of nitrogens with one attached hydrogen (secondary N) is 1. The van der Waals surface area contributed by atoms with Crippen molar-refractivity contribution >= 4 is 23.1 Å². The first-order chi connectivity index (χ1) is 13.3. The highest BCUT2D eigenvalue weighted by atomic mass is 35.5. The molecule has 4 aromatic rings. The number of halogens is 1. The fraction of sp³-hybridized carbons (Fsp3) is 0.143. The van der Waals surface area contributed by atoms with E-state index in [0.717, 1.165) is 33.8 Å². The van der Waals surface area contributed by atoms with E-state index < -0.39 is 0 Å². The number of benzene rings is 2. The number of anilines is 1. The van der Waals surface area contributed by atoms with Crippen molar-refractivity contribution in [3.63, 3.8) is 0 Å². The molecule has 5 nitrogen and oxygen atoms in total. The highest BCUT2D eigenvalue weighted by Gasteiger charge is 2.14. The maximum atomic E-state index is 6.03. The molecule has 0 bridgehead atoms. The van der Waals surface area contributed by atoms with Gasteiger partial charge >= 0.3 is 0 Å². The summed E-state index contributed by atoms with van der Waals surface area (Å²) >= 11 is 6.03. The van der Waals surface area contributed by atoms with Crippen molar-refractivity contribution in [2.75, 3.05) is 25.6 Å². The fourth-order valence-corrected chi connectivity index (χ4v) is 3.09. The second-order valence-electron chi connectivity index (χ2n) is 6.11. The second kappa shape index (κ2) is 7.78. The first-order valence-electron chi connectivity index (χ1n) is 8.69. The average molecular weight is 379 g/mol. The first-order valence-corrected chi connectivity index (χ1v) is 9.07. The Labute approximate surface area is 162 Å². The summed E-state index contributed by atoms with van der Waals surface area (Å²) in [5, 5.41) is 8.64. The van der Waals surface area contributed by atoms with Crippen LogP contribution in [0.2, 0.25) is 5.02 Å². The number of methoxy groups -OCH3 is 1. The number of hydrogen-bond acceptors (Lipinski definition) is 4. The van der Waals surface area contributed by atoms with Gasteiger partial charge in [-0.15, -0.1) is 0 Å². The molecule has 0 saturated carbocycles. The molecule has 2 heterocycles. The molecule has 2 aromatic carbocycles. The van der Waals surface area contributed by atoms with E-state index in [1.807, 2.05) is 59.2 Å². The van der Waals surface area contributed by atoms with E-state index in [1.54, 1.807) is 7.11 Å². The summed E-state index contributed by atoms with van der Waals surface area (Å²) in [5.74, 6) is 0.871. The zero-order valence-electron chi connectivity index (χ0n) is 14.9. The highest BCUT2D eigenvalue weighted by Crippen LogP contribution is 2.29. The first kappa shape index (κ1) is 17.5. The van der Waals surface area contributed by atoms with Gasteiger partial charge in [0.25, 0.3) is 0 Å². The Morgan fingerprint density at radius 2 is 1.81 bits per heavy atom. The van der Waals surface area contributed by atoms with Crippen LogP contribution in [0.3, 0.4) is 0 Å². The molecule has 0 aliphatic carbocycles. The van der Waals surface area contributed by atoms with Crippen LogP contribution in [0, 0.1) is 0 Å². The minimum atomic E-state index is 0.607. The summed E-state index contributed by atoms with van der Waals surface area (Å²) in [6.45, 7) is 1.29. The zero-order valence-corrected chi connectivity index (χ0v) is 15.6. The molecule has 0 radical (unpaired) electrons. The topological polar surface area (TPSA) is 51.5 Å². The van der Waals surface area contributed by atoms with Gasteiger partial charge < -0.3 is 10.1 Å². The Morgan fingerprint density at radius 1 is 1.04 bits per heavy atom. The highest BCUT2D eigenvalue weighted by molar-refractivity contribution is 6.30. The van der Waals surface area contributed by atoms with Crippen molar-refractivity contribution < 1.29 is 4.74 Å². The van der Waals surface area contributed by atoms with Gasteiger partial charge in [-0.05, 0) is 17.7 Å². The molecule has 4 rings (SSSR count). The molecule has 0 unspecified atom stereocenters. The normalized spacial score (nSPS) is 11.0. The summed E-state index contributed by atoms with van der Waals surface area (Å²) in [7, 11) is 1.69. The molecular formula is C21H19ClN4O. The smallest absolute Gasteiger partial charge is 0.165 e. The maximum absolute atomic E-state index is 6.03. The molecule has 0 amide bonds.